The Bertz CT molecular complexity index is 51.2. The molecule has 0 radical (unpaired) electrons. The maximum absolute atomic E-state index is 8.58. The monoisotopic (exact) mass is 140 g/mol. The number of rotatable bonds is 3. The van der Waals surface area contributed by atoms with Gasteiger partial charge in [-0.1, -0.05) is 0 Å². The van der Waals surface area contributed by atoms with Gasteiger partial charge in [-0.2, -0.15) is 0 Å². The van der Waals surface area contributed by atoms with Crippen molar-refractivity contribution in [3.05, 3.63) is 0 Å². The van der Waals surface area contributed by atoms with Crippen LogP contribution in [0.5, 0.6) is 0 Å². The summed E-state index contributed by atoms with van der Waals surface area (Å²) in [5, 5.41) is 25.3. The average molecular weight is 141 g/mol. The summed E-state index contributed by atoms with van der Waals surface area (Å²) in [5.41, 5.74) is 0. The van der Waals surface area contributed by atoms with Crippen LogP contribution in [0.1, 0.15) is 0 Å². The summed E-state index contributed by atoms with van der Waals surface area (Å²) < 4.78 is 0. The molecule has 0 amide bonds. The Kier molecular flexibility index (Phi) is 4.18. The normalized spacial score (nSPS) is 18.0. The number of hydrogen-bond donors (Lipinski definition) is 3. The summed E-state index contributed by atoms with van der Waals surface area (Å²) in [6, 6.07) is 0. The molecule has 0 aromatic heterocycles. The van der Waals surface area contributed by atoms with Crippen LogP contribution in [0.25, 0.3) is 0 Å². The molecule has 4 heteroatoms. The van der Waals surface area contributed by atoms with Crippen molar-refractivity contribution in [3.63, 3.8) is 0 Å². The summed E-state index contributed by atoms with van der Waals surface area (Å²) in [6.45, 7) is -0.451. The Balaban J connectivity index is 3.29. The quantitative estimate of drug-likeness (QED) is 0.438. The molecular weight excluding hydrogens is 131 g/mol. The van der Waals surface area contributed by atoms with Crippen LogP contribution in [0.15, 0.2) is 0 Å². The van der Waals surface area contributed by atoms with Crippen molar-refractivity contribution in [2.75, 3.05) is 12.5 Å². The van der Waals surface area contributed by atoms with Gasteiger partial charge in [-0.25, -0.2) is 0 Å². The van der Waals surface area contributed by atoms with Gasteiger partial charge in [0.2, 0.25) is 0 Å². The van der Waals surface area contributed by atoms with E-state index in [1.54, 1.807) is 0 Å². The Morgan fingerprint density at radius 3 is 1.88 bits per heavy atom. The maximum atomic E-state index is 8.58. The first-order valence-electron chi connectivity index (χ1n) is 2.25. The highest BCUT2D eigenvalue weighted by Gasteiger charge is 2.12. The summed E-state index contributed by atoms with van der Waals surface area (Å²) >= 11 is 5.10. The number of aliphatic hydroxyl groups is 3. The SMILES string of the molecule is OC[C@@H](O)[C@H](O)CCl. The summed E-state index contributed by atoms with van der Waals surface area (Å²) in [4.78, 5) is 0. The number of alkyl halides is 1. The molecule has 50 valence electrons. The lowest BCUT2D eigenvalue weighted by molar-refractivity contribution is -0.00253. The highest BCUT2D eigenvalue weighted by atomic mass is 35.5. The van der Waals surface area contributed by atoms with Gasteiger partial charge in [-0.15, -0.1) is 11.6 Å². The summed E-state index contributed by atoms with van der Waals surface area (Å²) in [7, 11) is 0. The minimum Gasteiger partial charge on any atom is -0.394 e. The van der Waals surface area contributed by atoms with E-state index in [1.807, 2.05) is 0 Å². The molecule has 0 rings (SSSR count). The molecule has 0 aromatic rings. The van der Waals surface area contributed by atoms with Crippen molar-refractivity contribution in [1.82, 2.24) is 0 Å². The van der Waals surface area contributed by atoms with Crippen LogP contribution in [0.2, 0.25) is 0 Å². The number of aliphatic hydroxyl groups excluding tert-OH is 3. The Morgan fingerprint density at radius 1 is 1.25 bits per heavy atom. The fourth-order valence-corrected chi connectivity index (χ4v) is 0.430. The first-order valence-corrected chi connectivity index (χ1v) is 2.78. The maximum Gasteiger partial charge on any atom is 0.104 e. The molecule has 0 unspecified atom stereocenters. The Morgan fingerprint density at radius 2 is 1.75 bits per heavy atom. The molecule has 3 N–H and O–H groups in total. The summed E-state index contributed by atoms with van der Waals surface area (Å²) in [6.07, 6.45) is -2.12. The zero-order valence-electron chi connectivity index (χ0n) is 4.29. The molecular formula is C4H9ClO3. The molecule has 0 aromatic carbocycles. The van der Waals surface area contributed by atoms with Crippen molar-refractivity contribution >= 4 is 11.6 Å². The molecule has 2 atom stereocenters. The van der Waals surface area contributed by atoms with Gasteiger partial charge in [0.25, 0.3) is 0 Å². The Hall–Kier alpha value is 0.170. The smallest absolute Gasteiger partial charge is 0.104 e. The van der Waals surface area contributed by atoms with Gasteiger partial charge in [-0.3, -0.25) is 0 Å². The molecule has 0 spiro atoms. The van der Waals surface area contributed by atoms with E-state index in [4.69, 9.17) is 26.9 Å². The second kappa shape index (κ2) is 4.09. The predicted molar refractivity (Wildman–Crippen MR) is 29.8 cm³/mol. The van der Waals surface area contributed by atoms with Crippen LogP contribution in [0.3, 0.4) is 0 Å². The van der Waals surface area contributed by atoms with Crippen LogP contribution in [0, 0.1) is 0 Å². The average Bonchev–Trinajstić information content (AvgIpc) is 1.84. The van der Waals surface area contributed by atoms with Gasteiger partial charge in [0.1, 0.15) is 6.10 Å². The molecule has 0 aliphatic rings. The Labute approximate surface area is 52.5 Å². The zero-order valence-corrected chi connectivity index (χ0v) is 5.04. The van der Waals surface area contributed by atoms with E-state index in [1.165, 1.54) is 0 Å². The van der Waals surface area contributed by atoms with Crippen LogP contribution in [-0.2, 0) is 0 Å². The van der Waals surface area contributed by atoms with Crippen LogP contribution >= 0.6 is 11.6 Å². The third kappa shape index (κ3) is 2.47. The highest BCUT2D eigenvalue weighted by molar-refractivity contribution is 6.18. The molecule has 0 aliphatic heterocycles. The van der Waals surface area contributed by atoms with E-state index in [-0.39, 0.29) is 5.88 Å². The van der Waals surface area contributed by atoms with Gasteiger partial charge < -0.3 is 15.3 Å². The topological polar surface area (TPSA) is 60.7 Å². The predicted octanol–water partition coefficient (Wildman–Crippen LogP) is -1.06. The second-order valence-electron chi connectivity index (χ2n) is 1.47. The molecule has 0 heterocycles. The van der Waals surface area contributed by atoms with Gasteiger partial charge in [0.15, 0.2) is 0 Å². The molecule has 0 bridgehead atoms. The van der Waals surface area contributed by atoms with Crippen molar-refractivity contribution in [2.45, 2.75) is 12.2 Å². The van der Waals surface area contributed by atoms with Gasteiger partial charge >= 0.3 is 0 Å². The van der Waals surface area contributed by atoms with E-state index in [0.29, 0.717) is 0 Å². The van der Waals surface area contributed by atoms with Crippen molar-refractivity contribution < 1.29 is 15.3 Å². The fourth-order valence-electron chi connectivity index (χ4n) is 0.225. The van der Waals surface area contributed by atoms with E-state index in [0.717, 1.165) is 0 Å². The van der Waals surface area contributed by atoms with Crippen LogP contribution < -0.4 is 0 Å². The van der Waals surface area contributed by atoms with Gasteiger partial charge in [0, 0.05) is 0 Å². The first kappa shape index (κ1) is 8.17. The molecule has 3 nitrogen and oxygen atoms in total. The van der Waals surface area contributed by atoms with E-state index in [9.17, 15) is 0 Å². The van der Waals surface area contributed by atoms with Crippen molar-refractivity contribution in [2.24, 2.45) is 0 Å². The number of hydrogen-bond acceptors (Lipinski definition) is 3. The van der Waals surface area contributed by atoms with Gasteiger partial charge in [-0.05, 0) is 0 Å². The van der Waals surface area contributed by atoms with E-state index >= 15 is 0 Å². The molecule has 0 saturated heterocycles. The third-order valence-corrected chi connectivity index (χ3v) is 1.11. The van der Waals surface area contributed by atoms with Crippen molar-refractivity contribution in [1.29, 1.82) is 0 Å². The zero-order chi connectivity index (χ0) is 6.57. The highest BCUT2D eigenvalue weighted by Crippen LogP contribution is 1.93. The van der Waals surface area contributed by atoms with Crippen LogP contribution in [0.4, 0.5) is 0 Å². The molecule has 0 fully saturated rings. The molecule has 0 aliphatic carbocycles. The second-order valence-corrected chi connectivity index (χ2v) is 1.78. The molecule has 0 saturated carbocycles. The van der Waals surface area contributed by atoms with E-state index in [2.05, 4.69) is 0 Å². The number of halogens is 1. The van der Waals surface area contributed by atoms with E-state index < -0.39 is 18.8 Å². The summed E-state index contributed by atoms with van der Waals surface area (Å²) in [5.74, 6) is -0.0538. The third-order valence-electron chi connectivity index (χ3n) is 0.789. The fraction of sp³-hybridized carbons (Fsp3) is 1.00. The first-order chi connectivity index (χ1) is 3.72. The van der Waals surface area contributed by atoms with Crippen molar-refractivity contribution in [3.8, 4) is 0 Å². The minimum absolute atomic E-state index is 0.0538. The minimum atomic E-state index is -1.10. The lowest BCUT2D eigenvalue weighted by Gasteiger charge is -2.10. The van der Waals surface area contributed by atoms with Gasteiger partial charge in [0.05, 0.1) is 18.6 Å². The van der Waals surface area contributed by atoms with Crippen LogP contribution in [-0.4, -0.2) is 40.0 Å². The lowest BCUT2D eigenvalue weighted by Crippen LogP contribution is -2.30. The molecule has 8 heavy (non-hydrogen) atoms. The largest absolute Gasteiger partial charge is 0.394 e. The standard InChI is InChI=1S/C4H9ClO3/c5-1-3(7)4(8)2-6/h3-4,6-8H,1-2H2/t3-,4-/m1/s1. The lowest BCUT2D eigenvalue weighted by atomic mass is 10.2.